The number of nitrogen functional groups attached to an aromatic ring is 1. The summed E-state index contributed by atoms with van der Waals surface area (Å²) in [6.07, 6.45) is 3.12. The molecule has 0 saturated carbocycles. The summed E-state index contributed by atoms with van der Waals surface area (Å²) in [5, 5.41) is 8.47. The molecule has 0 radical (unpaired) electrons. The van der Waals surface area contributed by atoms with Gasteiger partial charge in [-0.1, -0.05) is 12.2 Å². The lowest BCUT2D eigenvalue weighted by atomic mass is 10.1. The molecule has 0 aliphatic heterocycles. The normalized spacial score (nSPS) is 11.1. The number of hydrogen-bond donors (Lipinski definition) is 2. The number of aliphatic hydroxyl groups is 1. The molecule has 0 aliphatic carbocycles. The Morgan fingerprint density at radius 1 is 1.36 bits per heavy atom. The molecule has 76 valence electrons. The Balaban J connectivity index is 3.00. The molecule has 0 aromatic heterocycles. The van der Waals surface area contributed by atoms with Crippen LogP contribution in [0.5, 0.6) is 0 Å². The van der Waals surface area contributed by atoms with Gasteiger partial charge in [0.05, 0.1) is 5.69 Å². The fourth-order valence-electron chi connectivity index (χ4n) is 1.01. The SMILES string of the molecule is Nc1ccc(F)c(C=CCCO)c1F. The van der Waals surface area contributed by atoms with Crippen molar-refractivity contribution in [2.75, 3.05) is 12.3 Å². The number of rotatable bonds is 3. The zero-order valence-corrected chi connectivity index (χ0v) is 7.50. The summed E-state index contributed by atoms with van der Waals surface area (Å²) in [5.41, 5.74) is 5.01. The second-order valence-corrected chi connectivity index (χ2v) is 2.78. The van der Waals surface area contributed by atoms with Crippen molar-refractivity contribution in [2.45, 2.75) is 6.42 Å². The van der Waals surface area contributed by atoms with Crippen LogP contribution in [-0.4, -0.2) is 11.7 Å². The Morgan fingerprint density at radius 3 is 2.71 bits per heavy atom. The second kappa shape index (κ2) is 4.72. The van der Waals surface area contributed by atoms with Gasteiger partial charge in [0.1, 0.15) is 5.82 Å². The molecule has 1 aromatic carbocycles. The Bertz CT molecular complexity index is 350. The maximum Gasteiger partial charge on any atom is 0.156 e. The predicted octanol–water partition coefficient (Wildman–Crippen LogP) is 1.94. The van der Waals surface area contributed by atoms with E-state index in [1.165, 1.54) is 18.2 Å². The standard InChI is InChI=1S/C10H11F2NO/c11-8-4-5-9(13)10(12)7(8)3-1-2-6-14/h1,3-5,14H,2,6,13H2. The summed E-state index contributed by atoms with van der Waals surface area (Å²) >= 11 is 0. The lowest BCUT2D eigenvalue weighted by Gasteiger charge is -2.01. The molecule has 1 aromatic rings. The minimum Gasteiger partial charge on any atom is -0.396 e. The third-order valence-corrected chi connectivity index (χ3v) is 1.74. The minimum atomic E-state index is -0.765. The number of aliphatic hydroxyl groups excluding tert-OH is 1. The first-order valence-corrected chi connectivity index (χ1v) is 4.17. The molecule has 4 heteroatoms. The average Bonchev–Trinajstić information content (AvgIpc) is 2.18. The summed E-state index contributed by atoms with van der Waals surface area (Å²) in [5.74, 6) is -1.43. The highest BCUT2D eigenvalue weighted by Gasteiger charge is 2.08. The Labute approximate surface area is 80.7 Å². The average molecular weight is 199 g/mol. The van der Waals surface area contributed by atoms with Crippen LogP contribution in [0.1, 0.15) is 12.0 Å². The van der Waals surface area contributed by atoms with Crippen LogP contribution in [-0.2, 0) is 0 Å². The summed E-state index contributed by atoms with van der Waals surface area (Å²) in [4.78, 5) is 0. The highest BCUT2D eigenvalue weighted by atomic mass is 19.1. The fraction of sp³-hybridized carbons (Fsp3) is 0.200. The first kappa shape index (κ1) is 10.7. The molecular weight excluding hydrogens is 188 g/mol. The maximum absolute atomic E-state index is 13.2. The molecule has 0 fully saturated rings. The van der Waals surface area contributed by atoms with E-state index in [0.717, 1.165) is 6.07 Å². The van der Waals surface area contributed by atoms with Crippen molar-refractivity contribution in [3.63, 3.8) is 0 Å². The van der Waals surface area contributed by atoms with Gasteiger partial charge in [-0.05, 0) is 18.6 Å². The number of anilines is 1. The summed E-state index contributed by atoms with van der Waals surface area (Å²) in [6, 6.07) is 2.28. The van der Waals surface area contributed by atoms with Gasteiger partial charge in [-0.15, -0.1) is 0 Å². The van der Waals surface area contributed by atoms with Gasteiger partial charge in [-0.3, -0.25) is 0 Å². The predicted molar refractivity (Wildman–Crippen MR) is 51.5 cm³/mol. The van der Waals surface area contributed by atoms with E-state index < -0.39 is 11.6 Å². The van der Waals surface area contributed by atoms with Crippen molar-refractivity contribution in [1.29, 1.82) is 0 Å². The van der Waals surface area contributed by atoms with E-state index in [9.17, 15) is 8.78 Å². The van der Waals surface area contributed by atoms with Gasteiger partial charge >= 0.3 is 0 Å². The van der Waals surface area contributed by atoms with Crippen LogP contribution in [0.3, 0.4) is 0 Å². The van der Waals surface area contributed by atoms with Crippen molar-refractivity contribution in [3.8, 4) is 0 Å². The van der Waals surface area contributed by atoms with Crippen LogP contribution in [0.15, 0.2) is 18.2 Å². The van der Waals surface area contributed by atoms with Crippen molar-refractivity contribution in [1.82, 2.24) is 0 Å². The molecule has 0 aliphatic rings. The van der Waals surface area contributed by atoms with Gasteiger partial charge in [0.15, 0.2) is 5.82 Å². The molecule has 2 nitrogen and oxygen atoms in total. The largest absolute Gasteiger partial charge is 0.396 e. The van der Waals surface area contributed by atoms with Crippen LogP contribution < -0.4 is 5.73 Å². The first-order valence-electron chi connectivity index (χ1n) is 4.17. The number of nitrogens with two attached hydrogens (primary N) is 1. The van der Waals surface area contributed by atoms with E-state index >= 15 is 0 Å². The van der Waals surface area contributed by atoms with Gasteiger partial charge in [-0.25, -0.2) is 8.78 Å². The molecule has 0 unspecified atom stereocenters. The van der Waals surface area contributed by atoms with Crippen LogP contribution >= 0.6 is 0 Å². The Hall–Kier alpha value is -1.42. The van der Waals surface area contributed by atoms with Gasteiger partial charge in [0.2, 0.25) is 0 Å². The number of benzene rings is 1. The van der Waals surface area contributed by atoms with Crippen LogP contribution in [0.2, 0.25) is 0 Å². The zero-order valence-electron chi connectivity index (χ0n) is 7.50. The molecule has 0 saturated heterocycles. The minimum absolute atomic E-state index is 0.0535. The maximum atomic E-state index is 13.2. The lowest BCUT2D eigenvalue weighted by molar-refractivity contribution is 0.303. The van der Waals surface area contributed by atoms with Crippen LogP contribution in [0.25, 0.3) is 6.08 Å². The van der Waals surface area contributed by atoms with E-state index in [-0.39, 0.29) is 17.9 Å². The van der Waals surface area contributed by atoms with E-state index in [1.54, 1.807) is 0 Å². The van der Waals surface area contributed by atoms with Crippen molar-refractivity contribution < 1.29 is 13.9 Å². The Morgan fingerprint density at radius 2 is 2.07 bits per heavy atom. The molecular formula is C10H11F2NO. The van der Waals surface area contributed by atoms with Crippen molar-refractivity contribution in [3.05, 3.63) is 35.4 Å². The summed E-state index contributed by atoms with van der Waals surface area (Å²) in [7, 11) is 0. The molecule has 14 heavy (non-hydrogen) atoms. The van der Waals surface area contributed by atoms with Crippen molar-refractivity contribution in [2.24, 2.45) is 0 Å². The third kappa shape index (κ3) is 2.29. The summed E-state index contributed by atoms with van der Waals surface area (Å²) in [6.45, 7) is -0.0535. The van der Waals surface area contributed by atoms with Crippen LogP contribution in [0.4, 0.5) is 14.5 Å². The third-order valence-electron chi connectivity index (χ3n) is 1.74. The molecule has 0 bridgehead atoms. The molecule has 0 heterocycles. The fourth-order valence-corrected chi connectivity index (χ4v) is 1.01. The highest BCUT2D eigenvalue weighted by Crippen LogP contribution is 2.19. The Kier molecular flexibility index (Phi) is 3.59. The highest BCUT2D eigenvalue weighted by molar-refractivity contribution is 5.57. The number of halogens is 2. The quantitative estimate of drug-likeness (QED) is 0.731. The van der Waals surface area contributed by atoms with E-state index in [2.05, 4.69) is 0 Å². The van der Waals surface area contributed by atoms with E-state index in [0.29, 0.717) is 6.42 Å². The van der Waals surface area contributed by atoms with Crippen LogP contribution in [0, 0.1) is 11.6 Å². The van der Waals surface area contributed by atoms with E-state index in [4.69, 9.17) is 10.8 Å². The molecule has 0 spiro atoms. The molecule has 1 rings (SSSR count). The topological polar surface area (TPSA) is 46.2 Å². The smallest absolute Gasteiger partial charge is 0.156 e. The zero-order chi connectivity index (χ0) is 10.6. The van der Waals surface area contributed by atoms with Gasteiger partial charge in [-0.2, -0.15) is 0 Å². The second-order valence-electron chi connectivity index (χ2n) is 2.78. The molecule has 3 N–H and O–H groups in total. The van der Waals surface area contributed by atoms with Gasteiger partial charge in [0.25, 0.3) is 0 Å². The van der Waals surface area contributed by atoms with Gasteiger partial charge in [0, 0.05) is 12.2 Å². The monoisotopic (exact) mass is 199 g/mol. The lowest BCUT2D eigenvalue weighted by Crippen LogP contribution is -1.96. The molecule has 0 atom stereocenters. The number of hydrogen-bond acceptors (Lipinski definition) is 2. The summed E-state index contributed by atoms with van der Waals surface area (Å²) < 4.78 is 26.3. The van der Waals surface area contributed by atoms with E-state index in [1.807, 2.05) is 0 Å². The molecule has 0 amide bonds. The van der Waals surface area contributed by atoms with Crippen molar-refractivity contribution >= 4 is 11.8 Å². The first-order chi connectivity index (χ1) is 6.66. The van der Waals surface area contributed by atoms with Gasteiger partial charge < -0.3 is 10.8 Å².